The van der Waals surface area contributed by atoms with E-state index < -0.39 is 11.7 Å². The predicted octanol–water partition coefficient (Wildman–Crippen LogP) is 8.07. The van der Waals surface area contributed by atoms with Crippen LogP contribution in [0.4, 0.5) is 36.3 Å². The van der Waals surface area contributed by atoms with Gasteiger partial charge in [-0.25, -0.2) is 4.98 Å². The van der Waals surface area contributed by atoms with Gasteiger partial charge < -0.3 is 15.4 Å². The van der Waals surface area contributed by atoms with E-state index in [2.05, 4.69) is 27.5 Å². The molecule has 34 heavy (non-hydrogen) atoms. The molecule has 0 aliphatic rings. The standard InChI is InChI=1S/C26H31F3N4O/c1-4-5-6-7-15-34-22-13-11-20(12-14-22)32-25-30-17-23(26(27,28)29)24(33-25)31-21-10-8-9-19(16-21)18(2)3/h8-14,16-18H,4-7,15H2,1-3H3,(H2,30,31,32,33). The molecule has 0 aliphatic heterocycles. The molecule has 3 rings (SSSR count). The molecule has 0 unspecified atom stereocenters. The van der Waals surface area contributed by atoms with Crippen LogP contribution >= 0.6 is 0 Å². The highest BCUT2D eigenvalue weighted by Crippen LogP contribution is 2.35. The van der Waals surface area contributed by atoms with Crippen molar-refractivity contribution in [2.24, 2.45) is 0 Å². The van der Waals surface area contributed by atoms with Crippen LogP contribution in [0.5, 0.6) is 5.75 Å². The minimum atomic E-state index is -4.59. The summed E-state index contributed by atoms with van der Waals surface area (Å²) < 4.78 is 46.5. The summed E-state index contributed by atoms with van der Waals surface area (Å²) in [5.41, 5.74) is 1.26. The lowest BCUT2D eigenvalue weighted by molar-refractivity contribution is -0.137. The third-order valence-electron chi connectivity index (χ3n) is 5.29. The summed E-state index contributed by atoms with van der Waals surface area (Å²) in [4.78, 5) is 8.00. The molecule has 1 aromatic heterocycles. The molecule has 182 valence electrons. The molecule has 0 spiro atoms. The molecule has 2 aromatic carbocycles. The Morgan fingerprint density at radius 2 is 1.71 bits per heavy atom. The molecule has 0 bridgehead atoms. The van der Waals surface area contributed by atoms with E-state index in [4.69, 9.17) is 4.74 Å². The highest BCUT2D eigenvalue weighted by molar-refractivity contribution is 5.63. The molecule has 5 nitrogen and oxygen atoms in total. The summed E-state index contributed by atoms with van der Waals surface area (Å²) in [5.74, 6) is 0.735. The highest BCUT2D eigenvalue weighted by atomic mass is 19.4. The lowest BCUT2D eigenvalue weighted by Gasteiger charge is -2.16. The zero-order valence-corrected chi connectivity index (χ0v) is 19.7. The molecule has 0 atom stereocenters. The summed E-state index contributed by atoms with van der Waals surface area (Å²) >= 11 is 0. The molecule has 0 aliphatic carbocycles. The molecular formula is C26H31F3N4O. The van der Waals surface area contributed by atoms with E-state index in [0.717, 1.165) is 30.4 Å². The van der Waals surface area contributed by atoms with Crippen molar-refractivity contribution in [3.63, 3.8) is 0 Å². The second-order valence-corrected chi connectivity index (χ2v) is 8.42. The first-order chi connectivity index (χ1) is 16.3. The fraction of sp³-hybridized carbons (Fsp3) is 0.385. The maximum Gasteiger partial charge on any atom is 0.421 e. The fourth-order valence-corrected chi connectivity index (χ4v) is 3.34. The van der Waals surface area contributed by atoms with Gasteiger partial charge in [-0.05, 0) is 54.3 Å². The van der Waals surface area contributed by atoms with Gasteiger partial charge in [0.25, 0.3) is 0 Å². The summed E-state index contributed by atoms with van der Waals surface area (Å²) in [6.45, 7) is 6.86. The zero-order valence-electron chi connectivity index (χ0n) is 19.7. The minimum Gasteiger partial charge on any atom is -0.494 e. The number of halogens is 3. The number of anilines is 4. The van der Waals surface area contributed by atoms with Gasteiger partial charge in [0.1, 0.15) is 17.1 Å². The maximum absolute atomic E-state index is 13.6. The number of ether oxygens (including phenoxy) is 1. The SMILES string of the molecule is CCCCCCOc1ccc(Nc2ncc(C(F)(F)F)c(Nc3cccc(C(C)C)c3)n2)cc1. The molecule has 2 N–H and O–H groups in total. The van der Waals surface area contributed by atoms with Gasteiger partial charge in [-0.15, -0.1) is 0 Å². The predicted molar refractivity (Wildman–Crippen MR) is 130 cm³/mol. The largest absolute Gasteiger partial charge is 0.494 e. The van der Waals surface area contributed by atoms with E-state index in [1.807, 2.05) is 38.1 Å². The average Bonchev–Trinajstić information content (AvgIpc) is 2.79. The zero-order chi connectivity index (χ0) is 24.6. The average molecular weight is 473 g/mol. The number of rotatable bonds is 11. The van der Waals surface area contributed by atoms with Gasteiger partial charge in [0.15, 0.2) is 0 Å². The van der Waals surface area contributed by atoms with Gasteiger partial charge in [-0.3, -0.25) is 0 Å². The summed E-state index contributed by atoms with van der Waals surface area (Å²) in [6.07, 6.45) is 0.709. The van der Waals surface area contributed by atoms with Crippen molar-refractivity contribution in [2.45, 2.75) is 58.5 Å². The number of nitrogens with zero attached hydrogens (tertiary/aromatic N) is 2. The maximum atomic E-state index is 13.6. The summed E-state index contributed by atoms with van der Waals surface area (Å²) in [7, 11) is 0. The topological polar surface area (TPSA) is 59.1 Å². The lowest BCUT2D eigenvalue weighted by atomic mass is 10.0. The van der Waals surface area contributed by atoms with E-state index in [0.29, 0.717) is 18.0 Å². The smallest absolute Gasteiger partial charge is 0.421 e. The molecule has 3 aromatic rings. The van der Waals surface area contributed by atoms with E-state index >= 15 is 0 Å². The third kappa shape index (κ3) is 7.37. The number of hydrogen-bond donors (Lipinski definition) is 2. The second-order valence-electron chi connectivity index (χ2n) is 8.42. The van der Waals surface area contributed by atoms with Crippen LogP contribution in [0.2, 0.25) is 0 Å². The van der Waals surface area contributed by atoms with Crippen molar-refractivity contribution in [1.82, 2.24) is 9.97 Å². The van der Waals surface area contributed by atoms with Gasteiger partial charge >= 0.3 is 6.18 Å². The van der Waals surface area contributed by atoms with Crippen LogP contribution in [-0.2, 0) is 6.18 Å². The lowest BCUT2D eigenvalue weighted by Crippen LogP contribution is -2.12. The first-order valence-corrected chi connectivity index (χ1v) is 11.6. The molecule has 0 saturated heterocycles. The molecule has 0 saturated carbocycles. The second kappa shape index (κ2) is 11.7. The number of alkyl halides is 3. The van der Waals surface area contributed by atoms with Crippen molar-refractivity contribution in [2.75, 3.05) is 17.2 Å². The third-order valence-corrected chi connectivity index (χ3v) is 5.29. The van der Waals surface area contributed by atoms with Gasteiger partial charge in [0.05, 0.1) is 6.61 Å². The Hall–Kier alpha value is -3.29. The van der Waals surface area contributed by atoms with Gasteiger partial charge in [0.2, 0.25) is 5.95 Å². The van der Waals surface area contributed by atoms with Crippen LogP contribution in [0.15, 0.2) is 54.7 Å². The number of nitrogens with one attached hydrogen (secondary N) is 2. The Morgan fingerprint density at radius 1 is 0.941 bits per heavy atom. The number of unbranched alkanes of at least 4 members (excludes halogenated alkanes) is 3. The van der Waals surface area contributed by atoms with Gasteiger partial charge in [-0.2, -0.15) is 18.2 Å². The number of hydrogen-bond acceptors (Lipinski definition) is 5. The Balaban J connectivity index is 1.73. The van der Waals surface area contributed by atoms with Crippen molar-refractivity contribution >= 4 is 23.1 Å². The highest BCUT2D eigenvalue weighted by Gasteiger charge is 2.35. The molecule has 8 heteroatoms. The Kier molecular flexibility index (Phi) is 8.73. The normalized spacial score (nSPS) is 11.5. The number of aromatic nitrogens is 2. The van der Waals surface area contributed by atoms with Crippen LogP contribution < -0.4 is 15.4 Å². The van der Waals surface area contributed by atoms with Crippen molar-refractivity contribution in [3.8, 4) is 5.75 Å². The van der Waals surface area contributed by atoms with Crippen molar-refractivity contribution in [3.05, 3.63) is 65.9 Å². The van der Waals surface area contributed by atoms with Crippen LogP contribution in [0.3, 0.4) is 0 Å². The van der Waals surface area contributed by atoms with E-state index in [1.165, 1.54) is 12.8 Å². The first-order valence-electron chi connectivity index (χ1n) is 11.6. The van der Waals surface area contributed by atoms with Crippen LogP contribution in [-0.4, -0.2) is 16.6 Å². The first kappa shape index (κ1) is 25.3. The van der Waals surface area contributed by atoms with Crippen LogP contribution in [0, 0.1) is 0 Å². The van der Waals surface area contributed by atoms with Crippen LogP contribution in [0.1, 0.15) is 63.5 Å². The summed E-state index contributed by atoms with van der Waals surface area (Å²) in [6, 6.07) is 14.4. The molecule has 0 radical (unpaired) electrons. The quantitative estimate of drug-likeness (QED) is 0.276. The molecule has 0 fully saturated rings. The number of benzene rings is 2. The van der Waals surface area contributed by atoms with E-state index in [1.54, 1.807) is 24.3 Å². The van der Waals surface area contributed by atoms with E-state index in [-0.39, 0.29) is 17.7 Å². The Morgan fingerprint density at radius 3 is 2.38 bits per heavy atom. The minimum absolute atomic E-state index is 0.0590. The Labute approximate surface area is 198 Å². The monoisotopic (exact) mass is 472 g/mol. The van der Waals surface area contributed by atoms with Gasteiger partial charge in [0, 0.05) is 17.6 Å². The van der Waals surface area contributed by atoms with Gasteiger partial charge in [-0.1, -0.05) is 52.2 Å². The van der Waals surface area contributed by atoms with Crippen molar-refractivity contribution < 1.29 is 17.9 Å². The van der Waals surface area contributed by atoms with Crippen molar-refractivity contribution in [1.29, 1.82) is 0 Å². The molecule has 0 amide bonds. The van der Waals surface area contributed by atoms with E-state index in [9.17, 15) is 13.2 Å². The summed E-state index contributed by atoms with van der Waals surface area (Å²) in [5, 5.41) is 5.78. The molecular weight excluding hydrogens is 441 g/mol. The molecule has 1 heterocycles. The van der Waals surface area contributed by atoms with Crippen LogP contribution in [0.25, 0.3) is 0 Å². The fourth-order valence-electron chi connectivity index (χ4n) is 3.34. The Bertz CT molecular complexity index is 1050.